The van der Waals surface area contributed by atoms with Crippen LogP contribution in [0.4, 0.5) is 24.5 Å². The van der Waals surface area contributed by atoms with Crippen molar-refractivity contribution in [2.24, 2.45) is 0 Å². The van der Waals surface area contributed by atoms with E-state index in [0.29, 0.717) is 30.8 Å². The van der Waals surface area contributed by atoms with Crippen molar-refractivity contribution in [3.63, 3.8) is 0 Å². The van der Waals surface area contributed by atoms with E-state index < -0.39 is 11.7 Å². The SMILES string of the molecule is CN(C)CCNc1cccc2c1C(=O)N(c1ccc(Cl)c(C(F)(F)F)c1)CC2. The molecule has 4 nitrogen and oxygen atoms in total. The highest BCUT2D eigenvalue weighted by Crippen LogP contribution is 2.38. The van der Waals surface area contributed by atoms with Crippen LogP contribution < -0.4 is 10.2 Å². The van der Waals surface area contributed by atoms with Gasteiger partial charge in [-0.1, -0.05) is 23.7 Å². The van der Waals surface area contributed by atoms with Crippen LogP contribution in [0.2, 0.25) is 5.02 Å². The normalized spacial score (nSPS) is 14.4. The first-order valence-corrected chi connectivity index (χ1v) is 9.25. The Kier molecular flexibility index (Phi) is 5.86. The smallest absolute Gasteiger partial charge is 0.383 e. The molecule has 0 fully saturated rings. The second-order valence-corrected chi connectivity index (χ2v) is 7.35. The number of halogens is 4. The van der Waals surface area contributed by atoms with E-state index in [0.717, 1.165) is 18.2 Å². The van der Waals surface area contributed by atoms with Crippen molar-refractivity contribution in [3.8, 4) is 0 Å². The molecule has 150 valence electrons. The quantitative estimate of drug-likeness (QED) is 0.784. The fourth-order valence-electron chi connectivity index (χ4n) is 3.24. The van der Waals surface area contributed by atoms with E-state index in [1.165, 1.54) is 17.0 Å². The Bertz CT molecular complexity index is 883. The summed E-state index contributed by atoms with van der Waals surface area (Å²) < 4.78 is 39.6. The third-order valence-electron chi connectivity index (χ3n) is 4.66. The Morgan fingerprint density at radius 3 is 2.64 bits per heavy atom. The molecule has 0 saturated carbocycles. The van der Waals surface area contributed by atoms with Crippen molar-refractivity contribution in [3.05, 3.63) is 58.1 Å². The van der Waals surface area contributed by atoms with Crippen molar-refractivity contribution in [1.29, 1.82) is 0 Å². The molecule has 0 atom stereocenters. The molecule has 3 rings (SSSR count). The molecule has 8 heteroatoms. The van der Waals surface area contributed by atoms with Crippen molar-refractivity contribution in [2.45, 2.75) is 12.6 Å². The first-order chi connectivity index (χ1) is 13.2. The number of alkyl halides is 3. The maximum atomic E-state index is 13.2. The number of rotatable bonds is 5. The van der Waals surface area contributed by atoms with Crippen molar-refractivity contribution in [1.82, 2.24) is 4.90 Å². The standard InChI is InChI=1S/C20H21ClF3N3O/c1-26(2)11-9-25-17-5-3-4-13-8-10-27(19(28)18(13)17)14-6-7-16(21)15(12-14)20(22,23)24/h3-7,12,25H,8-11H2,1-2H3. The second-order valence-electron chi connectivity index (χ2n) is 6.94. The Labute approximate surface area is 166 Å². The Morgan fingerprint density at radius 1 is 1.21 bits per heavy atom. The fraction of sp³-hybridized carbons (Fsp3) is 0.350. The number of hydrogen-bond acceptors (Lipinski definition) is 3. The molecule has 0 aliphatic carbocycles. The summed E-state index contributed by atoms with van der Waals surface area (Å²) in [7, 11) is 3.90. The first-order valence-electron chi connectivity index (χ1n) is 8.87. The monoisotopic (exact) mass is 411 g/mol. The minimum Gasteiger partial charge on any atom is -0.383 e. The molecule has 0 bridgehead atoms. The van der Waals surface area contributed by atoms with Gasteiger partial charge in [-0.05, 0) is 50.3 Å². The van der Waals surface area contributed by atoms with E-state index in [1.807, 2.05) is 37.2 Å². The van der Waals surface area contributed by atoms with Crippen LogP contribution >= 0.6 is 11.6 Å². The molecule has 2 aromatic rings. The van der Waals surface area contributed by atoms with Gasteiger partial charge in [0.15, 0.2) is 0 Å². The molecule has 1 aliphatic heterocycles. The lowest BCUT2D eigenvalue weighted by Gasteiger charge is -2.31. The number of anilines is 2. The molecule has 0 radical (unpaired) electrons. The predicted octanol–water partition coefficient (Wildman–Crippen LogP) is 4.54. The zero-order chi connectivity index (χ0) is 20.5. The molecule has 1 amide bonds. The predicted molar refractivity (Wildman–Crippen MR) is 105 cm³/mol. The number of nitrogens with zero attached hydrogens (tertiary/aromatic N) is 2. The van der Waals surface area contributed by atoms with E-state index in [-0.39, 0.29) is 16.6 Å². The van der Waals surface area contributed by atoms with Crippen LogP contribution in [0.3, 0.4) is 0 Å². The van der Waals surface area contributed by atoms with Gasteiger partial charge in [-0.15, -0.1) is 0 Å². The first kappa shape index (κ1) is 20.5. The van der Waals surface area contributed by atoms with Gasteiger partial charge in [-0.25, -0.2) is 0 Å². The van der Waals surface area contributed by atoms with Gasteiger partial charge in [0.1, 0.15) is 0 Å². The van der Waals surface area contributed by atoms with Crippen molar-refractivity contribution < 1.29 is 18.0 Å². The number of fused-ring (bicyclic) bond motifs is 1. The van der Waals surface area contributed by atoms with E-state index in [2.05, 4.69) is 5.32 Å². The van der Waals surface area contributed by atoms with Gasteiger partial charge >= 0.3 is 6.18 Å². The van der Waals surface area contributed by atoms with E-state index in [4.69, 9.17) is 11.6 Å². The number of amides is 1. The van der Waals surface area contributed by atoms with Crippen molar-refractivity contribution >= 4 is 28.9 Å². The lowest BCUT2D eigenvalue weighted by Crippen LogP contribution is -2.38. The molecule has 0 aromatic heterocycles. The number of carbonyl (C=O) groups is 1. The highest BCUT2D eigenvalue weighted by atomic mass is 35.5. The third-order valence-corrected chi connectivity index (χ3v) is 4.99. The van der Waals surface area contributed by atoms with Crippen LogP contribution in [0, 0.1) is 0 Å². The molecule has 1 N–H and O–H groups in total. The molecule has 0 spiro atoms. The van der Waals surface area contributed by atoms with Gasteiger partial charge in [0.05, 0.1) is 16.1 Å². The molecular formula is C20H21ClF3N3O. The maximum absolute atomic E-state index is 13.2. The summed E-state index contributed by atoms with van der Waals surface area (Å²) in [5.74, 6) is -0.315. The van der Waals surface area contributed by atoms with Crippen LogP contribution in [0.25, 0.3) is 0 Å². The van der Waals surface area contributed by atoms with Crippen LogP contribution in [0.1, 0.15) is 21.5 Å². The summed E-state index contributed by atoms with van der Waals surface area (Å²) in [4.78, 5) is 16.5. The summed E-state index contributed by atoms with van der Waals surface area (Å²) in [5, 5.41) is 2.88. The van der Waals surface area contributed by atoms with Gasteiger partial charge in [-0.2, -0.15) is 13.2 Å². The highest BCUT2D eigenvalue weighted by Gasteiger charge is 2.35. The third kappa shape index (κ3) is 4.25. The lowest BCUT2D eigenvalue weighted by atomic mass is 9.96. The zero-order valence-corrected chi connectivity index (χ0v) is 16.4. The molecule has 1 heterocycles. The minimum atomic E-state index is -4.58. The molecule has 0 unspecified atom stereocenters. The van der Waals surface area contributed by atoms with E-state index in [9.17, 15) is 18.0 Å². The molecule has 1 aliphatic rings. The summed E-state index contributed by atoms with van der Waals surface area (Å²) in [6.07, 6.45) is -4.02. The largest absolute Gasteiger partial charge is 0.417 e. The van der Waals surface area contributed by atoms with Gasteiger partial charge in [0, 0.05) is 31.0 Å². The van der Waals surface area contributed by atoms with Gasteiger partial charge < -0.3 is 15.1 Å². The fourth-order valence-corrected chi connectivity index (χ4v) is 3.46. The van der Waals surface area contributed by atoms with Gasteiger partial charge in [0.25, 0.3) is 5.91 Å². The molecule has 28 heavy (non-hydrogen) atoms. The average Bonchev–Trinajstić information content (AvgIpc) is 2.61. The van der Waals surface area contributed by atoms with Gasteiger partial charge in [0.2, 0.25) is 0 Å². The summed E-state index contributed by atoms with van der Waals surface area (Å²) in [5.41, 5.74) is 1.34. The molecular weight excluding hydrogens is 391 g/mol. The number of carbonyl (C=O) groups excluding carboxylic acids is 1. The maximum Gasteiger partial charge on any atom is 0.417 e. The number of benzene rings is 2. The average molecular weight is 412 g/mol. The highest BCUT2D eigenvalue weighted by molar-refractivity contribution is 6.31. The van der Waals surface area contributed by atoms with Crippen LogP contribution in [-0.4, -0.2) is 44.5 Å². The molecule has 2 aromatic carbocycles. The summed E-state index contributed by atoms with van der Waals surface area (Å²) in [6.45, 7) is 1.75. The number of hydrogen-bond donors (Lipinski definition) is 1. The zero-order valence-electron chi connectivity index (χ0n) is 15.6. The van der Waals surface area contributed by atoms with E-state index in [1.54, 1.807) is 0 Å². The van der Waals surface area contributed by atoms with E-state index >= 15 is 0 Å². The summed E-state index contributed by atoms with van der Waals surface area (Å²) in [6, 6.07) is 9.15. The Balaban J connectivity index is 1.93. The number of nitrogens with one attached hydrogen (secondary N) is 1. The van der Waals surface area contributed by atoms with Gasteiger partial charge in [-0.3, -0.25) is 4.79 Å². The Morgan fingerprint density at radius 2 is 1.96 bits per heavy atom. The molecule has 0 saturated heterocycles. The van der Waals surface area contributed by atoms with Crippen LogP contribution in [0.15, 0.2) is 36.4 Å². The minimum absolute atomic E-state index is 0.190. The summed E-state index contributed by atoms with van der Waals surface area (Å²) >= 11 is 5.71. The second kappa shape index (κ2) is 8.01. The van der Waals surface area contributed by atoms with Crippen molar-refractivity contribution in [2.75, 3.05) is 43.9 Å². The van der Waals surface area contributed by atoms with Crippen LogP contribution in [0.5, 0.6) is 0 Å². The van der Waals surface area contributed by atoms with Crippen LogP contribution in [-0.2, 0) is 12.6 Å². The topological polar surface area (TPSA) is 35.6 Å². The number of likely N-dealkylation sites (N-methyl/N-ethyl adjacent to an activating group) is 1. The Hall–Kier alpha value is -2.25. The lowest BCUT2D eigenvalue weighted by molar-refractivity contribution is -0.137.